The molecule has 0 aromatic heterocycles. The van der Waals surface area contributed by atoms with E-state index in [1.165, 1.54) is 25.7 Å². The van der Waals surface area contributed by atoms with Crippen molar-refractivity contribution < 1.29 is 4.79 Å². The lowest BCUT2D eigenvalue weighted by Gasteiger charge is -2.42. The van der Waals surface area contributed by atoms with Crippen molar-refractivity contribution in [3.8, 4) is 0 Å². The SMILES string of the molecule is CC(=O)C1CCC2CCCC(Br)C2N1. The molecule has 0 aromatic rings. The second kappa shape index (κ2) is 4.31. The van der Waals surface area contributed by atoms with Gasteiger partial charge in [-0.25, -0.2) is 0 Å². The molecule has 2 rings (SSSR count). The number of Topliss-reactive ketones (excluding diaryl/α,β-unsaturated/α-hetero) is 1. The van der Waals surface area contributed by atoms with Crippen molar-refractivity contribution in [2.24, 2.45) is 5.92 Å². The number of ketones is 1. The van der Waals surface area contributed by atoms with E-state index in [-0.39, 0.29) is 6.04 Å². The molecule has 80 valence electrons. The number of halogens is 1. The molecule has 1 saturated heterocycles. The maximum atomic E-state index is 11.3. The van der Waals surface area contributed by atoms with Crippen molar-refractivity contribution in [2.75, 3.05) is 0 Å². The number of piperidine rings is 1. The molecule has 4 atom stereocenters. The molecule has 0 amide bonds. The fourth-order valence-corrected chi connectivity index (χ4v) is 3.72. The fourth-order valence-electron chi connectivity index (χ4n) is 2.81. The molecule has 1 aliphatic carbocycles. The van der Waals surface area contributed by atoms with Crippen molar-refractivity contribution in [3.63, 3.8) is 0 Å². The van der Waals surface area contributed by atoms with Gasteiger partial charge in [0.15, 0.2) is 0 Å². The molecule has 0 aromatic carbocycles. The van der Waals surface area contributed by atoms with Gasteiger partial charge in [-0.1, -0.05) is 22.4 Å². The Hall–Kier alpha value is 0.110. The van der Waals surface area contributed by atoms with Gasteiger partial charge in [0.05, 0.1) is 6.04 Å². The van der Waals surface area contributed by atoms with Gasteiger partial charge in [-0.15, -0.1) is 0 Å². The predicted octanol–water partition coefficient (Wildman–Crippen LogP) is 2.26. The molecule has 1 aliphatic heterocycles. The van der Waals surface area contributed by atoms with Crippen LogP contribution in [-0.2, 0) is 4.79 Å². The van der Waals surface area contributed by atoms with Crippen LogP contribution in [0.25, 0.3) is 0 Å². The minimum Gasteiger partial charge on any atom is -0.303 e. The molecule has 14 heavy (non-hydrogen) atoms. The smallest absolute Gasteiger partial charge is 0.146 e. The van der Waals surface area contributed by atoms with E-state index < -0.39 is 0 Å². The zero-order chi connectivity index (χ0) is 10.1. The first-order valence-electron chi connectivity index (χ1n) is 5.59. The number of hydrogen-bond acceptors (Lipinski definition) is 2. The number of rotatable bonds is 1. The average molecular weight is 260 g/mol. The number of fused-ring (bicyclic) bond motifs is 1. The summed E-state index contributed by atoms with van der Waals surface area (Å²) in [4.78, 5) is 11.9. The van der Waals surface area contributed by atoms with Crippen LogP contribution in [0, 0.1) is 5.92 Å². The van der Waals surface area contributed by atoms with Gasteiger partial charge in [-0.3, -0.25) is 4.79 Å². The van der Waals surface area contributed by atoms with E-state index in [1.54, 1.807) is 6.92 Å². The van der Waals surface area contributed by atoms with Crippen molar-refractivity contribution in [3.05, 3.63) is 0 Å². The van der Waals surface area contributed by atoms with Crippen LogP contribution in [0.5, 0.6) is 0 Å². The van der Waals surface area contributed by atoms with Crippen molar-refractivity contribution in [1.82, 2.24) is 5.32 Å². The summed E-state index contributed by atoms with van der Waals surface area (Å²) in [6.07, 6.45) is 6.19. The number of nitrogens with one attached hydrogen (secondary N) is 1. The summed E-state index contributed by atoms with van der Waals surface area (Å²) in [5, 5.41) is 3.51. The molecule has 1 N–H and O–H groups in total. The van der Waals surface area contributed by atoms with Gasteiger partial charge >= 0.3 is 0 Å². The molecule has 0 bridgehead atoms. The van der Waals surface area contributed by atoms with Crippen LogP contribution >= 0.6 is 15.9 Å². The van der Waals surface area contributed by atoms with Crippen LogP contribution in [-0.4, -0.2) is 22.7 Å². The summed E-state index contributed by atoms with van der Waals surface area (Å²) < 4.78 is 0. The van der Waals surface area contributed by atoms with Crippen molar-refractivity contribution in [1.29, 1.82) is 0 Å². The van der Waals surface area contributed by atoms with Crippen LogP contribution in [0.1, 0.15) is 39.0 Å². The first kappa shape index (κ1) is 10.6. The van der Waals surface area contributed by atoms with Gasteiger partial charge < -0.3 is 5.32 Å². The third kappa shape index (κ3) is 2.03. The van der Waals surface area contributed by atoms with Gasteiger partial charge in [-0.05, 0) is 38.5 Å². The first-order chi connectivity index (χ1) is 6.68. The van der Waals surface area contributed by atoms with Gasteiger partial charge in [-0.2, -0.15) is 0 Å². The average Bonchev–Trinajstić information content (AvgIpc) is 2.18. The van der Waals surface area contributed by atoms with Gasteiger partial charge in [0.25, 0.3) is 0 Å². The van der Waals surface area contributed by atoms with E-state index >= 15 is 0 Å². The highest BCUT2D eigenvalue weighted by atomic mass is 79.9. The molecule has 3 heteroatoms. The molecule has 1 heterocycles. The normalized spacial score (nSPS) is 43.0. The van der Waals surface area contributed by atoms with E-state index in [1.807, 2.05) is 0 Å². The van der Waals surface area contributed by atoms with Crippen molar-refractivity contribution >= 4 is 21.7 Å². The van der Waals surface area contributed by atoms with Crippen LogP contribution < -0.4 is 5.32 Å². The molecular weight excluding hydrogens is 242 g/mol. The summed E-state index contributed by atoms with van der Waals surface area (Å²) >= 11 is 3.73. The molecule has 0 spiro atoms. The monoisotopic (exact) mass is 259 g/mol. The topological polar surface area (TPSA) is 29.1 Å². The van der Waals surface area contributed by atoms with E-state index in [2.05, 4.69) is 21.2 Å². The van der Waals surface area contributed by atoms with E-state index in [0.717, 1.165) is 12.3 Å². The summed E-state index contributed by atoms with van der Waals surface area (Å²) in [5.74, 6) is 1.09. The van der Waals surface area contributed by atoms with E-state index in [0.29, 0.717) is 16.7 Å². The van der Waals surface area contributed by atoms with Crippen LogP contribution in [0.2, 0.25) is 0 Å². The molecule has 1 saturated carbocycles. The Morgan fingerprint density at radius 1 is 1.29 bits per heavy atom. The summed E-state index contributed by atoms with van der Waals surface area (Å²) in [6, 6.07) is 0.654. The maximum absolute atomic E-state index is 11.3. The largest absolute Gasteiger partial charge is 0.303 e. The molecule has 2 fully saturated rings. The fraction of sp³-hybridized carbons (Fsp3) is 0.909. The Bertz CT molecular complexity index is 231. The Balaban J connectivity index is 2.01. The third-order valence-electron chi connectivity index (χ3n) is 3.66. The first-order valence-corrected chi connectivity index (χ1v) is 6.50. The molecule has 0 radical (unpaired) electrons. The lowest BCUT2D eigenvalue weighted by molar-refractivity contribution is -0.120. The second-order valence-electron chi connectivity index (χ2n) is 4.64. The van der Waals surface area contributed by atoms with Gasteiger partial charge in [0.2, 0.25) is 0 Å². The van der Waals surface area contributed by atoms with Crippen LogP contribution in [0.15, 0.2) is 0 Å². The van der Waals surface area contributed by atoms with Crippen molar-refractivity contribution in [2.45, 2.75) is 55.9 Å². The Kier molecular flexibility index (Phi) is 3.27. The summed E-state index contributed by atoms with van der Waals surface area (Å²) in [6.45, 7) is 1.70. The van der Waals surface area contributed by atoms with Crippen LogP contribution in [0.3, 0.4) is 0 Å². The lowest BCUT2D eigenvalue weighted by atomic mass is 9.77. The quantitative estimate of drug-likeness (QED) is 0.733. The molecular formula is C11H18BrNO. The van der Waals surface area contributed by atoms with E-state index in [4.69, 9.17) is 0 Å². The molecule has 2 aliphatic rings. The number of carbonyl (C=O) groups excluding carboxylic acids is 1. The number of alkyl halides is 1. The number of carbonyl (C=O) groups is 1. The van der Waals surface area contributed by atoms with Gasteiger partial charge in [0, 0.05) is 10.9 Å². The zero-order valence-corrected chi connectivity index (χ0v) is 10.2. The summed E-state index contributed by atoms with van der Waals surface area (Å²) in [5.41, 5.74) is 0. The lowest BCUT2D eigenvalue weighted by Crippen LogP contribution is -2.55. The highest BCUT2D eigenvalue weighted by Gasteiger charge is 2.37. The Morgan fingerprint density at radius 2 is 2.07 bits per heavy atom. The molecule has 2 nitrogen and oxygen atoms in total. The van der Waals surface area contributed by atoms with Crippen LogP contribution in [0.4, 0.5) is 0 Å². The minimum atomic E-state index is 0.120. The number of hydrogen-bond donors (Lipinski definition) is 1. The third-order valence-corrected chi connectivity index (χ3v) is 4.69. The predicted molar refractivity (Wildman–Crippen MR) is 60.7 cm³/mol. The van der Waals surface area contributed by atoms with Gasteiger partial charge in [0.1, 0.15) is 5.78 Å². The standard InChI is InChI=1S/C11H18BrNO/c1-7(14)10-6-5-8-3-2-4-9(12)11(8)13-10/h8-11,13H,2-6H2,1H3. The summed E-state index contributed by atoms with van der Waals surface area (Å²) in [7, 11) is 0. The second-order valence-corrected chi connectivity index (χ2v) is 5.82. The Labute approximate surface area is 94.0 Å². The van der Waals surface area contributed by atoms with E-state index in [9.17, 15) is 4.79 Å². The highest BCUT2D eigenvalue weighted by molar-refractivity contribution is 9.09. The zero-order valence-electron chi connectivity index (χ0n) is 8.63. The maximum Gasteiger partial charge on any atom is 0.146 e. The molecule has 4 unspecified atom stereocenters. The minimum absolute atomic E-state index is 0.120. The Morgan fingerprint density at radius 3 is 2.79 bits per heavy atom. The highest BCUT2D eigenvalue weighted by Crippen LogP contribution is 2.35.